The van der Waals surface area contributed by atoms with Crippen LogP contribution in [0.15, 0.2) is 60.7 Å². The minimum absolute atomic E-state index is 0.0612. The first-order chi connectivity index (χ1) is 13.6. The lowest BCUT2D eigenvalue weighted by Crippen LogP contribution is -2.28. The molecule has 0 saturated carbocycles. The first kappa shape index (κ1) is 21.0. The molecule has 0 aliphatic carbocycles. The highest BCUT2D eigenvalue weighted by atomic mass is 16.1. The summed E-state index contributed by atoms with van der Waals surface area (Å²) in [5.41, 5.74) is 2.00. The van der Waals surface area contributed by atoms with Gasteiger partial charge < -0.3 is 5.32 Å². The van der Waals surface area contributed by atoms with Gasteiger partial charge in [-0.3, -0.25) is 9.59 Å². The molecule has 142 valence electrons. The van der Waals surface area contributed by atoms with Crippen molar-refractivity contribution in [3.8, 4) is 23.7 Å². The molecule has 0 radical (unpaired) electrons. The maximum atomic E-state index is 12.2. The van der Waals surface area contributed by atoms with Crippen LogP contribution in [0, 0.1) is 23.7 Å². The third kappa shape index (κ3) is 6.78. The number of ketones is 1. The maximum absolute atomic E-state index is 12.2. The van der Waals surface area contributed by atoms with Crippen molar-refractivity contribution in [1.29, 1.82) is 0 Å². The Kier molecular flexibility index (Phi) is 8.57. The summed E-state index contributed by atoms with van der Waals surface area (Å²) in [6.07, 6.45) is 0.901. The third-order valence-corrected chi connectivity index (χ3v) is 4.56. The fourth-order valence-corrected chi connectivity index (χ4v) is 2.70. The number of carbonyl (C=O) groups is 2. The van der Waals surface area contributed by atoms with Crippen molar-refractivity contribution in [2.75, 3.05) is 6.54 Å². The van der Waals surface area contributed by atoms with Gasteiger partial charge in [0, 0.05) is 18.8 Å². The predicted octanol–water partition coefficient (Wildman–Crippen LogP) is 4.07. The van der Waals surface area contributed by atoms with Gasteiger partial charge in [-0.2, -0.15) is 0 Å². The number of benzene rings is 2. The molecule has 0 fully saturated rings. The number of hydrogen-bond donors (Lipinski definition) is 1. The third-order valence-electron chi connectivity index (χ3n) is 4.56. The Bertz CT molecular complexity index is 818. The van der Waals surface area contributed by atoms with E-state index < -0.39 is 0 Å². The summed E-state index contributed by atoms with van der Waals surface area (Å²) in [6.45, 7) is 4.05. The van der Waals surface area contributed by atoms with Gasteiger partial charge in [0.05, 0.1) is 12.5 Å². The standard InChI is InChI=1S/C25H25NO2/c1-20(22-14-8-6-9-15-22)24(27)18-12-4-3-5-13-19-26-25(28)21(2)23-16-10-7-11-17-23/h6-11,14-17,20-21H,12,18-19H2,1-2H3,(H,26,28)/t20-,21-/m0/s1. The molecular formula is C25H25NO2. The van der Waals surface area contributed by atoms with Gasteiger partial charge >= 0.3 is 0 Å². The highest BCUT2D eigenvalue weighted by Gasteiger charge is 2.14. The molecule has 3 nitrogen and oxygen atoms in total. The van der Waals surface area contributed by atoms with E-state index in [1.807, 2.05) is 74.5 Å². The van der Waals surface area contributed by atoms with Crippen molar-refractivity contribution in [3.05, 3.63) is 71.8 Å². The molecule has 2 atom stereocenters. The molecule has 0 aliphatic rings. The lowest BCUT2D eigenvalue weighted by molar-refractivity contribution is -0.122. The van der Waals surface area contributed by atoms with Crippen LogP contribution in [0.5, 0.6) is 0 Å². The van der Waals surface area contributed by atoms with Gasteiger partial charge in [-0.15, -0.1) is 0 Å². The van der Waals surface area contributed by atoms with Crippen molar-refractivity contribution < 1.29 is 9.59 Å². The summed E-state index contributed by atoms with van der Waals surface area (Å²) in [7, 11) is 0. The lowest BCUT2D eigenvalue weighted by atomic mass is 9.94. The van der Waals surface area contributed by atoms with E-state index in [4.69, 9.17) is 0 Å². The molecule has 1 N–H and O–H groups in total. The number of amides is 1. The predicted molar refractivity (Wildman–Crippen MR) is 113 cm³/mol. The van der Waals surface area contributed by atoms with Crippen molar-refractivity contribution >= 4 is 11.7 Å². The van der Waals surface area contributed by atoms with Gasteiger partial charge in [0.15, 0.2) is 0 Å². The Morgan fingerprint density at radius 3 is 1.96 bits per heavy atom. The van der Waals surface area contributed by atoms with Crippen molar-refractivity contribution in [1.82, 2.24) is 5.32 Å². The molecule has 28 heavy (non-hydrogen) atoms. The minimum Gasteiger partial charge on any atom is -0.345 e. The van der Waals surface area contributed by atoms with Crippen LogP contribution in [0.2, 0.25) is 0 Å². The van der Waals surface area contributed by atoms with Crippen LogP contribution in [0.4, 0.5) is 0 Å². The van der Waals surface area contributed by atoms with E-state index in [1.165, 1.54) is 0 Å². The molecule has 2 aromatic carbocycles. The summed E-state index contributed by atoms with van der Waals surface area (Å²) < 4.78 is 0. The second-order valence-electron chi connectivity index (χ2n) is 6.55. The second-order valence-corrected chi connectivity index (χ2v) is 6.55. The van der Waals surface area contributed by atoms with Crippen molar-refractivity contribution in [3.63, 3.8) is 0 Å². The lowest BCUT2D eigenvalue weighted by Gasteiger charge is -2.10. The number of nitrogens with one attached hydrogen (secondary N) is 1. The van der Waals surface area contributed by atoms with Crippen molar-refractivity contribution in [2.45, 2.75) is 38.5 Å². The normalized spacial score (nSPS) is 11.8. The van der Waals surface area contributed by atoms with Crippen LogP contribution < -0.4 is 5.32 Å². The molecule has 0 saturated heterocycles. The second kappa shape index (κ2) is 11.4. The molecule has 0 heterocycles. The number of carbonyl (C=O) groups excluding carboxylic acids is 2. The van der Waals surface area contributed by atoms with Crippen molar-refractivity contribution in [2.24, 2.45) is 0 Å². The monoisotopic (exact) mass is 371 g/mol. The zero-order valence-corrected chi connectivity index (χ0v) is 16.4. The van der Waals surface area contributed by atoms with E-state index in [2.05, 4.69) is 29.0 Å². The number of rotatable bonds is 7. The average Bonchev–Trinajstić information content (AvgIpc) is 2.75. The first-order valence-corrected chi connectivity index (χ1v) is 9.45. The SMILES string of the molecule is C[C@H](C(=O)CCC#CC#CCNC(=O)[C@@H](C)c1ccccc1)c1ccccc1. The summed E-state index contributed by atoms with van der Waals surface area (Å²) in [5.74, 6) is 11.0. The smallest absolute Gasteiger partial charge is 0.228 e. The Morgan fingerprint density at radius 1 is 0.821 bits per heavy atom. The van der Waals surface area contributed by atoms with Crippen LogP contribution in [-0.4, -0.2) is 18.2 Å². The van der Waals surface area contributed by atoms with Gasteiger partial charge in [-0.1, -0.05) is 79.4 Å². The average molecular weight is 371 g/mol. The highest BCUT2D eigenvalue weighted by molar-refractivity contribution is 5.85. The van der Waals surface area contributed by atoms with Gasteiger partial charge in [0.1, 0.15) is 5.78 Å². The van der Waals surface area contributed by atoms with Gasteiger partial charge in [0.2, 0.25) is 5.91 Å². The molecule has 0 aromatic heterocycles. The highest BCUT2D eigenvalue weighted by Crippen LogP contribution is 2.17. The molecule has 0 aliphatic heterocycles. The van der Waals surface area contributed by atoms with E-state index in [0.717, 1.165) is 11.1 Å². The summed E-state index contributed by atoms with van der Waals surface area (Å²) in [6, 6.07) is 19.4. The zero-order chi connectivity index (χ0) is 20.2. The maximum Gasteiger partial charge on any atom is 0.228 e. The van der Waals surface area contributed by atoms with E-state index in [9.17, 15) is 9.59 Å². The van der Waals surface area contributed by atoms with Gasteiger partial charge in [-0.05, 0) is 29.9 Å². The first-order valence-electron chi connectivity index (χ1n) is 9.45. The van der Waals surface area contributed by atoms with Crippen LogP contribution in [0.25, 0.3) is 0 Å². The Morgan fingerprint density at radius 2 is 1.36 bits per heavy atom. The minimum atomic E-state index is -0.216. The van der Waals surface area contributed by atoms with Crippen LogP contribution in [0.1, 0.15) is 49.7 Å². The van der Waals surface area contributed by atoms with E-state index in [-0.39, 0.29) is 30.1 Å². The topological polar surface area (TPSA) is 46.2 Å². The Labute approximate surface area is 167 Å². The largest absolute Gasteiger partial charge is 0.345 e. The summed E-state index contributed by atoms with van der Waals surface area (Å²) >= 11 is 0. The molecule has 0 unspecified atom stereocenters. The van der Waals surface area contributed by atoms with Gasteiger partial charge in [-0.25, -0.2) is 0 Å². The zero-order valence-electron chi connectivity index (χ0n) is 16.4. The van der Waals surface area contributed by atoms with E-state index >= 15 is 0 Å². The Hall–Kier alpha value is -3.30. The molecule has 1 amide bonds. The summed E-state index contributed by atoms with van der Waals surface area (Å²) in [5, 5.41) is 2.79. The molecule has 2 aromatic rings. The van der Waals surface area contributed by atoms with E-state index in [0.29, 0.717) is 12.8 Å². The number of hydrogen-bond acceptors (Lipinski definition) is 2. The van der Waals surface area contributed by atoms with Crippen LogP contribution >= 0.6 is 0 Å². The molecule has 3 heteroatoms. The van der Waals surface area contributed by atoms with E-state index in [1.54, 1.807) is 0 Å². The molecule has 2 rings (SSSR count). The number of Topliss-reactive ketones (excluding diaryl/α,β-unsaturated/α-hetero) is 1. The molecular weight excluding hydrogens is 346 g/mol. The van der Waals surface area contributed by atoms with Crippen LogP contribution in [-0.2, 0) is 9.59 Å². The Balaban J connectivity index is 1.69. The fourth-order valence-electron chi connectivity index (χ4n) is 2.70. The quantitative estimate of drug-likeness (QED) is 0.746. The summed E-state index contributed by atoms with van der Waals surface area (Å²) in [4.78, 5) is 24.3. The molecule has 0 bridgehead atoms. The van der Waals surface area contributed by atoms with Gasteiger partial charge in [0.25, 0.3) is 0 Å². The molecule has 0 spiro atoms. The van der Waals surface area contributed by atoms with Crippen LogP contribution in [0.3, 0.4) is 0 Å². The fraction of sp³-hybridized carbons (Fsp3) is 0.280.